The summed E-state index contributed by atoms with van der Waals surface area (Å²) in [5.74, 6) is 0.891. The van der Waals surface area contributed by atoms with Gasteiger partial charge in [-0.05, 0) is 77.1 Å². The molecule has 1 aliphatic carbocycles. The second-order valence-corrected chi connectivity index (χ2v) is 11.2. The number of hydrogen-bond donors (Lipinski definition) is 0. The molecule has 0 radical (unpaired) electrons. The maximum absolute atomic E-state index is 14.2. The van der Waals surface area contributed by atoms with Crippen LogP contribution in [0.4, 0.5) is 15.0 Å². The summed E-state index contributed by atoms with van der Waals surface area (Å²) in [5.41, 5.74) is 1.99. The molecule has 3 aromatic rings. The summed E-state index contributed by atoms with van der Waals surface area (Å²) in [5, 5.41) is 1.32. The molecule has 35 heavy (non-hydrogen) atoms. The summed E-state index contributed by atoms with van der Waals surface area (Å²) < 4.78 is 21.7. The van der Waals surface area contributed by atoms with Crippen LogP contribution in [0.3, 0.4) is 0 Å². The molecular weight excluding hydrogens is 469 g/mol. The number of amides is 1. The molecule has 7 nitrogen and oxygen atoms in total. The molecule has 3 heterocycles. The van der Waals surface area contributed by atoms with Crippen molar-refractivity contribution in [2.75, 3.05) is 18.0 Å². The molecule has 9 heteroatoms. The molecule has 1 aliphatic heterocycles. The van der Waals surface area contributed by atoms with Crippen molar-refractivity contribution in [3.63, 3.8) is 0 Å². The van der Waals surface area contributed by atoms with Crippen molar-refractivity contribution in [1.29, 1.82) is 0 Å². The third kappa shape index (κ3) is 4.68. The number of aromatic nitrogens is 3. The van der Waals surface area contributed by atoms with Crippen molar-refractivity contribution in [3.8, 4) is 5.69 Å². The Bertz CT molecular complexity index is 1260. The molecule has 0 bridgehead atoms. The summed E-state index contributed by atoms with van der Waals surface area (Å²) in [7, 11) is 0. The number of carbonyl (C=O) groups is 1. The van der Waals surface area contributed by atoms with Gasteiger partial charge in [-0.15, -0.1) is 0 Å². The fourth-order valence-corrected chi connectivity index (χ4v) is 5.08. The Balaban J connectivity index is 1.54. The zero-order chi connectivity index (χ0) is 25.1. The Morgan fingerprint density at radius 3 is 2.51 bits per heavy atom. The average molecular weight is 500 g/mol. The molecular formula is C26H31ClFN5O2. The third-order valence-electron chi connectivity index (χ3n) is 6.62. The number of piperazine rings is 1. The predicted molar refractivity (Wildman–Crippen MR) is 135 cm³/mol. The number of anilines is 1. The highest BCUT2D eigenvalue weighted by atomic mass is 35.5. The van der Waals surface area contributed by atoms with Crippen LogP contribution in [-0.4, -0.2) is 56.3 Å². The minimum atomic E-state index is -0.544. The number of halogens is 2. The van der Waals surface area contributed by atoms with Gasteiger partial charge in [-0.3, -0.25) is 0 Å². The molecule has 2 aromatic heterocycles. The van der Waals surface area contributed by atoms with E-state index in [0.717, 1.165) is 29.7 Å². The lowest BCUT2D eigenvalue weighted by atomic mass is 10.1. The van der Waals surface area contributed by atoms with Gasteiger partial charge >= 0.3 is 6.09 Å². The molecule has 1 saturated heterocycles. The van der Waals surface area contributed by atoms with E-state index in [0.29, 0.717) is 29.7 Å². The first-order valence-corrected chi connectivity index (χ1v) is 12.5. The first-order chi connectivity index (χ1) is 16.5. The molecule has 2 unspecified atom stereocenters. The van der Waals surface area contributed by atoms with E-state index in [9.17, 15) is 9.18 Å². The molecule has 1 saturated carbocycles. The fraction of sp³-hybridized carbons (Fsp3) is 0.500. The third-order valence-corrected chi connectivity index (χ3v) is 6.84. The standard InChI is InChI=1S/C26H31ClFN5O2/c1-15-12-32(25(34)35-26(3,4)5)16(2)11-31(15)23-22-21(17-6-7-17)13-33(24(22)30-14-29-23)20-9-18(27)8-19(28)10-20/h8-10,13-17H,6-7,11-12H2,1-5H3. The highest BCUT2D eigenvalue weighted by molar-refractivity contribution is 6.30. The Kier molecular flexibility index (Phi) is 5.90. The number of ether oxygens (including phenoxy) is 1. The van der Waals surface area contributed by atoms with Gasteiger partial charge in [0.25, 0.3) is 0 Å². The molecule has 2 fully saturated rings. The molecule has 0 spiro atoms. The summed E-state index contributed by atoms with van der Waals surface area (Å²) in [4.78, 5) is 26.2. The smallest absolute Gasteiger partial charge is 0.410 e. The summed E-state index contributed by atoms with van der Waals surface area (Å²) >= 11 is 6.16. The first kappa shape index (κ1) is 23.9. The zero-order valence-electron chi connectivity index (χ0n) is 20.8. The first-order valence-electron chi connectivity index (χ1n) is 12.1. The minimum absolute atomic E-state index is 0.0239. The van der Waals surface area contributed by atoms with E-state index in [2.05, 4.69) is 23.0 Å². The van der Waals surface area contributed by atoms with E-state index in [1.165, 1.54) is 17.7 Å². The summed E-state index contributed by atoms with van der Waals surface area (Å²) in [6, 6.07) is 4.47. The van der Waals surface area contributed by atoms with Gasteiger partial charge in [0, 0.05) is 36.4 Å². The predicted octanol–water partition coefficient (Wildman–Crippen LogP) is 5.92. The van der Waals surface area contributed by atoms with E-state index < -0.39 is 11.4 Å². The van der Waals surface area contributed by atoms with E-state index in [-0.39, 0.29) is 18.2 Å². The Morgan fingerprint density at radius 1 is 1.11 bits per heavy atom. The molecule has 0 N–H and O–H groups in total. The van der Waals surface area contributed by atoms with Crippen molar-refractivity contribution >= 4 is 34.5 Å². The number of nitrogens with zero attached hydrogens (tertiary/aromatic N) is 5. The molecule has 2 atom stereocenters. The van der Waals surface area contributed by atoms with E-state index in [1.807, 2.05) is 32.3 Å². The van der Waals surface area contributed by atoms with Gasteiger partial charge in [0.1, 0.15) is 29.2 Å². The number of benzene rings is 1. The molecule has 1 aromatic carbocycles. The Hall–Kier alpha value is -2.87. The van der Waals surface area contributed by atoms with Gasteiger partial charge in [0.05, 0.1) is 11.1 Å². The minimum Gasteiger partial charge on any atom is -0.444 e. The monoisotopic (exact) mass is 499 g/mol. The number of carbonyl (C=O) groups excluding carboxylic acids is 1. The van der Waals surface area contributed by atoms with Crippen LogP contribution in [0.5, 0.6) is 0 Å². The van der Waals surface area contributed by atoms with E-state index in [1.54, 1.807) is 17.3 Å². The van der Waals surface area contributed by atoms with Crippen LogP contribution in [-0.2, 0) is 4.74 Å². The van der Waals surface area contributed by atoms with Crippen LogP contribution in [0.1, 0.15) is 58.9 Å². The maximum Gasteiger partial charge on any atom is 0.410 e. The summed E-state index contributed by atoms with van der Waals surface area (Å²) in [6.07, 6.45) is 5.53. The molecule has 5 rings (SSSR count). The highest BCUT2D eigenvalue weighted by Gasteiger charge is 2.37. The van der Waals surface area contributed by atoms with Crippen molar-refractivity contribution in [2.45, 2.75) is 71.1 Å². The van der Waals surface area contributed by atoms with Crippen LogP contribution in [0.25, 0.3) is 16.7 Å². The van der Waals surface area contributed by atoms with Gasteiger partial charge in [-0.2, -0.15) is 0 Å². The van der Waals surface area contributed by atoms with Crippen LogP contribution in [0.2, 0.25) is 5.02 Å². The van der Waals surface area contributed by atoms with Crippen LogP contribution >= 0.6 is 11.6 Å². The number of hydrogen-bond acceptors (Lipinski definition) is 5. The van der Waals surface area contributed by atoms with Gasteiger partial charge in [0.15, 0.2) is 0 Å². The lowest BCUT2D eigenvalue weighted by Crippen LogP contribution is -2.59. The largest absolute Gasteiger partial charge is 0.444 e. The van der Waals surface area contributed by atoms with Crippen molar-refractivity contribution in [3.05, 3.63) is 47.1 Å². The second kappa shape index (κ2) is 8.66. The van der Waals surface area contributed by atoms with Crippen LogP contribution in [0.15, 0.2) is 30.7 Å². The van der Waals surface area contributed by atoms with Gasteiger partial charge in [-0.1, -0.05) is 11.6 Å². The Labute approximate surface area is 209 Å². The molecule has 2 aliphatic rings. The van der Waals surface area contributed by atoms with Gasteiger partial charge in [-0.25, -0.2) is 19.2 Å². The molecule has 1 amide bonds. The second-order valence-electron chi connectivity index (χ2n) is 10.7. The Morgan fingerprint density at radius 2 is 1.86 bits per heavy atom. The fourth-order valence-electron chi connectivity index (χ4n) is 4.87. The van der Waals surface area contributed by atoms with Crippen molar-refractivity contribution < 1.29 is 13.9 Å². The van der Waals surface area contributed by atoms with Gasteiger partial charge < -0.3 is 19.1 Å². The van der Waals surface area contributed by atoms with E-state index in [4.69, 9.17) is 21.3 Å². The quantitative estimate of drug-likeness (QED) is 0.447. The number of rotatable bonds is 3. The van der Waals surface area contributed by atoms with Crippen LogP contribution in [0, 0.1) is 5.82 Å². The van der Waals surface area contributed by atoms with Crippen molar-refractivity contribution in [2.24, 2.45) is 0 Å². The maximum atomic E-state index is 14.2. The summed E-state index contributed by atoms with van der Waals surface area (Å²) in [6.45, 7) is 10.9. The van der Waals surface area contributed by atoms with Crippen LogP contribution < -0.4 is 4.90 Å². The van der Waals surface area contributed by atoms with E-state index >= 15 is 0 Å². The SMILES string of the molecule is CC1CN(c2ncnc3c2c(C2CC2)cn3-c2cc(F)cc(Cl)c2)C(C)CN1C(=O)OC(C)(C)C. The highest BCUT2D eigenvalue weighted by Crippen LogP contribution is 2.46. The lowest BCUT2D eigenvalue weighted by molar-refractivity contribution is 0.0130. The van der Waals surface area contributed by atoms with Crippen molar-refractivity contribution in [1.82, 2.24) is 19.4 Å². The normalized spacial score (nSPS) is 21.0. The lowest BCUT2D eigenvalue weighted by Gasteiger charge is -2.44. The number of fused-ring (bicyclic) bond motifs is 1. The van der Waals surface area contributed by atoms with Gasteiger partial charge in [0.2, 0.25) is 0 Å². The topological polar surface area (TPSA) is 63.5 Å². The molecule has 186 valence electrons. The zero-order valence-corrected chi connectivity index (χ0v) is 21.5. The average Bonchev–Trinajstić information content (AvgIpc) is 3.52.